The van der Waals surface area contributed by atoms with Crippen LogP contribution in [0.5, 0.6) is 5.75 Å². The highest BCUT2D eigenvalue weighted by Gasteiger charge is 2.07. The van der Waals surface area contributed by atoms with Gasteiger partial charge in [0.25, 0.3) is 0 Å². The van der Waals surface area contributed by atoms with Crippen LogP contribution in [0.3, 0.4) is 0 Å². The molecule has 0 saturated carbocycles. The van der Waals surface area contributed by atoms with Gasteiger partial charge in [-0.15, -0.1) is 0 Å². The van der Waals surface area contributed by atoms with Crippen LogP contribution in [0.25, 0.3) is 0 Å². The highest BCUT2D eigenvalue weighted by molar-refractivity contribution is 6.32. The molecular formula is C15H24ClNO2. The smallest absolute Gasteiger partial charge is 0.138 e. The van der Waals surface area contributed by atoms with Crippen LogP contribution in [0.4, 0.5) is 0 Å². The van der Waals surface area contributed by atoms with E-state index in [1.165, 1.54) is 0 Å². The van der Waals surface area contributed by atoms with Gasteiger partial charge in [0.05, 0.1) is 18.2 Å². The number of hydrogen-bond donors (Lipinski definition) is 1. The minimum atomic E-state index is 0.134. The van der Waals surface area contributed by atoms with E-state index >= 15 is 0 Å². The zero-order valence-electron chi connectivity index (χ0n) is 12.3. The third kappa shape index (κ3) is 7.41. The van der Waals surface area contributed by atoms with E-state index < -0.39 is 0 Å². The Balaban J connectivity index is 2.12. The molecular weight excluding hydrogens is 262 g/mol. The molecule has 0 atom stereocenters. The Morgan fingerprint density at radius 1 is 1.16 bits per heavy atom. The largest absolute Gasteiger partial charge is 0.490 e. The van der Waals surface area contributed by atoms with Crippen molar-refractivity contribution in [3.63, 3.8) is 0 Å². The van der Waals surface area contributed by atoms with Crippen molar-refractivity contribution in [3.05, 3.63) is 28.8 Å². The van der Waals surface area contributed by atoms with E-state index in [1.54, 1.807) is 0 Å². The summed E-state index contributed by atoms with van der Waals surface area (Å²) in [6.45, 7) is 11.0. The first kappa shape index (κ1) is 16.3. The van der Waals surface area contributed by atoms with Gasteiger partial charge < -0.3 is 14.8 Å². The van der Waals surface area contributed by atoms with Crippen molar-refractivity contribution in [1.82, 2.24) is 5.32 Å². The lowest BCUT2D eigenvalue weighted by molar-refractivity contribution is 0.0985. The molecule has 0 amide bonds. The lowest BCUT2D eigenvalue weighted by Gasteiger charge is -2.20. The molecule has 0 aliphatic carbocycles. The Morgan fingerprint density at radius 3 is 2.58 bits per heavy atom. The highest BCUT2D eigenvalue weighted by atomic mass is 35.5. The summed E-state index contributed by atoms with van der Waals surface area (Å²) in [6.07, 6.45) is 0. The Kier molecular flexibility index (Phi) is 6.63. The average Bonchev–Trinajstić information content (AvgIpc) is 2.31. The van der Waals surface area contributed by atoms with E-state index in [4.69, 9.17) is 21.1 Å². The standard InChI is InChI=1S/C15H24ClNO2/c1-12-5-6-13(16)14(11-12)19-10-9-18-8-7-17-15(2,3)4/h5-6,11,17H,7-10H2,1-4H3. The zero-order valence-corrected chi connectivity index (χ0v) is 13.0. The summed E-state index contributed by atoms with van der Waals surface area (Å²) >= 11 is 6.03. The summed E-state index contributed by atoms with van der Waals surface area (Å²) in [4.78, 5) is 0. The summed E-state index contributed by atoms with van der Waals surface area (Å²) in [5, 5.41) is 4.00. The number of rotatable bonds is 7. The predicted octanol–water partition coefficient (Wildman–Crippen LogP) is 3.43. The number of hydrogen-bond acceptors (Lipinski definition) is 3. The molecule has 0 aromatic heterocycles. The molecule has 1 rings (SSSR count). The number of nitrogens with one attached hydrogen (secondary N) is 1. The van der Waals surface area contributed by atoms with Gasteiger partial charge in [0, 0.05) is 12.1 Å². The van der Waals surface area contributed by atoms with E-state index in [9.17, 15) is 0 Å². The maximum atomic E-state index is 6.03. The van der Waals surface area contributed by atoms with Crippen LogP contribution in [0.1, 0.15) is 26.3 Å². The molecule has 4 heteroatoms. The SMILES string of the molecule is Cc1ccc(Cl)c(OCCOCCNC(C)(C)C)c1. The van der Waals surface area contributed by atoms with Gasteiger partial charge >= 0.3 is 0 Å². The van der Waals surface area contributed by atoms with Gasteiger partial charge in [0.2, 0.25) is 0 Å². The average molecular weight is 286 g/mol. The summed E-state index contributed by atoms with van der Waals surface area (Å²) in [7, 11) is 0. The molecule has 0 saturated heterocycles. The molecule has 0 heterocycles. The molecule has 0 unspecified atom stereocenters. The quantitative estimate of drug-likeness (QED) is 0.779. The minimum Gasteiger partial charge on any atom is -0.490 e. The molecule has 1 N–H and O–H groups in total. The highest BCUT2D eigenvalue weighted by Crippen LogP contribution is 2.24. The summed E-state index contributed by atoms with van der Waals surface area (Å²) in [5.74, 6) is 0.720. The Bertz CT molecular complexity index is 388. The number of benzene rings is 1. The van der Waals surface area contributed by atoms with Crippen LogP contribution in [-0.2, 0) is 4.74 Å². The van der Waals surface area contributed by atoms with E-state index in [0.717, 1.165) is 17.9 Å². The molecule has 0 aliphatic rings. The van der Waals surface area contributed by atoms with Gasteiger partial charge in [-0.1, -0.05) is 17.7 Å². The predicted molar refractivity (Wildman–Crippen MR) is 80.3 cm³/mol. The maximum absolute atomic E-state index is 6.03. The van der Waals surface area contributed by atoms with Crippen molar-refractivity contribution in [2.75, 3.05) is 26.4 Å². The number of halogens is 1. The summed E-state index contributed by atoms with van der Waals surface area (Å²) in [6, 6.07) is 5.74. The molecule has 0 radical (unpaired) electrons. The molecule has 0 fully saturated rings. The second-order valence-electron chi connectivity index (χ2n) is 5.57. The van der Waals surface area contributed by atoms with Crippen LogP contribution in [0, 0.1) is 6.92 Å². The van der Waals surface area contributed by atoms with Gasteiger partial charge in [-0.2, -0.15) is 0 Å². The zero-order chi connectivity index (χ0) is 14.3. The molecule has 1 aromatic rings. The van der Waals surface area contributed by atoms with Gasteiger partial charge in [0.15, 0.2) is 0 Å². The lowest BCUT2D eigenvalue weighted by atomic mass is 10.1. The van der Waals surface area contributed by atoms with Crippen molar-refractivity contribution in [3.8, 4) is 5.75 Å². The lowest BCUT2D eigenvalue weighted by Crippen LogP contribution is -2.38. The van der Waals surface area contributed by atoms with Crippen LogP contribution >= 0.6 is 11.6 Å². The molecule has 0 spiro atoms. The molecule has 3 nitrogen and oxygen atoms in total. The first-order valence-corrected chi connectivity index (χ1v) is 6.98. The minimum absolute atomic E-state index is 0.134. The maximum Gasteiger partial charge on any atom is 0.138 e. The monoisotopic (exact) mass is 285 g/mol. The molecule has 0 aliphatic heterocycles. The fourth-order valence-corrected chi connectivity index (χ4v) is 1.70. The third-order valence-electron chi connectivity index (χ3n) is 2.47. The van der Waals surface area contributed by atoms with Gasteiger partial charge in [-0.3, -0.25) is 0 Å². The first-order chi connectivity index (χ1) is 8.88. The van der Waals surface area contributed by atoms with E-state index in [-0.39, 0.29) is 5.54 Å². The molecule has 108 valence electrons. The Morgan fingerprint density at radius 2 is 1.89 bits per heavy atom. The van der Waals surface area contributed by atoms with E-state index in [1.807, 2.05) is 25.1 Å². The summed E-state index contributed by atoms with van der Waals surface area (Å²) < 4.78 is 11.1. The van der Waals surface area contributed by atoms with Crippen molar-refractivity contribution in [2.24, 2.45) is 0 Å². The van der Waals surface area contributed by atoms with Crippen LogP contribution in [0.15, 0.2) is 18.2 Å². The third-order valence-corrected chi connectivity index (χ3v) is 2.79. The first-order valence-electron chi connectivity index (χ1n) is 6.60. The van der Waals surface area contributed by atoms with E-state index in [0.29, 0.717) is 24.8 Å². The normalized spacial score (nSPS) is 11.6. The van der Waals surface area contributed by atoms with Crippen LogP contribution in [0.2, 0.25) is 5.02 Å². The van der Waals surface area contributed by atoms with Crippen molar-refractivity contribution < 1.29 is 9.47 Å². The topological polar surface area (TPSA) is 30.5 Å². The van der Waals surface area contributed by atoms with Gasteiger partial charge in [0.1, 0.15) is 12.4 Å². The second-order valence-corrected chi connectivity index (χ2v) is 5.98. The fraction of sp³-hybridized carbons (Fsp3) is 0.600. The van der Waals surface area contributed by atoms with Crippen molar-refractivity contribution in [1.29, 1.82) is 0 Å². The van der Waals surface area contributed by atoms with Gasteiger partial charge in [-0.25, -0.2) is 0 Å². The van der Waals surface area contributed by atoms with Gasteiger partial charge in [-0.05, 0) is 45.4 Å². The van der Waals surface area contributed by atoms with Crippen LogP contribution in [-0.4, -0.2) is 31.9 Å². The fourth-order valence-electron chi connectivity index (χ4n) is 1.53. The van der Waals surface area contributed by atoms with Crippen molar-refractivity contribution in [2.45, 2.75) is 33.2 Å². The molecule has 19 heavy (non-hydrogen) atoms. The summed E-state index contributed by atoms with van der Waals surface area (Å²) in [5.41, 5.74) is 1.27. The van der Waals surface area contributed by atoms with E-state index in [2.05, 4.69) is 26.1 Å². The van der Waals surface area contributed by atoms with Crippen molar-refractivity contribution >= 4 is 11.6 Å². The Hall–Kier alpha value is -0.770. The second kappa shape index (κ2) is 7.73. The molecule has 0 bridgehead atoms. The Labute approximate surface area is 121 Å². The number of aryl methyl sites for hydroxylation is 1. The van der Waals surface area contributed by atoms with Crippen LogP contribution < -0.4 is 10.1 Å². The number of ether oxygens (including phenoxy) is 2. The molecule has 1 aromatic carbocycles.